The number of nitrogens with zero attached hydrogens (tertiary/aromatic N) is 2. The lowest BCUT2D eigenvalue weighted by Crippen LogP contribution is -2.00. The number of ether oxygens (including phenoxy) is 1. The van der Waals surface area contributed by atoms with E-state index in [1.54, 1.807) is 0 Å². The van der Waals surface area contributed by atoms with E-state index in [1.807, 2.05) is 37.4 Å². The molecule has 0 unspecified atom stereocenters. The quantitative estimate of drug-likeness (QED) is 0.358. The molecule has 0 N–H and O–H groups in total. The van der Waals surface area contributed by atoms with E-state index >= 15 is 0 Å². The summed E-state index contributed by atoms with van der Waals surface area (Å²) >= 11 is 2.30. The van der Waals surface area contributed by atoms with E-state index in [4.69, 9.17) is 4.74 Å². The van der Waals surface area contributed by atoms with E-state index in [9.17, 15) is 0 Å². The van der Waals surface area contributed by atoms with E-state index in [0.717, 1.165) is 22.7 Å². The van der Waals surface area contributed by atoms with Crippen LogP contribution in [0.3, 0.4) is 0 Å². The second-order valence-corrected chi connectivity index (χ2v) is 7.07. The first-order valence-electron chi connectivity index (χ1n) is 8.30. The Morgan fingerprint density at radius 1 is 1.04 bits per heavy atom. The predicted molar refractivity (Wildman–Crippen MR) is 113 cm³/mol. The molecule has 0 radical (unpaired) electrons. The van der Waals surface area contributed by atoms with Crippen LogP contribution >= 0.6 is 22.6 Å². The Hall–Kier alpha value is -2.08. The van der Waals surface area contributed by atoms with Gasteiger partial charge in [-0.05, 0) is 98.0 Å². The van der Waals surface area contributed by atoms with E-state index in [-0.39, 0.29) is 0 Å². The highest BCUT2D eigenvalue weighted by molar-refractivity contribution is 14.1. The van der Waals surface area contributed by atoms with E-state index in [1.165, 1.54) is 15.0 Å². The smallest absolute Gasteiger partial charge is 0.119 e. The van der Waals surface area contributed by atoms with Crippen LogP contribution in [-0.4, -0.2) is 17.4 Å². The fourth-order valence-corrected chi connectivity index (χ4v) is 3.20. The van der Waals surface area contributed by atoms with Crippen LogP contribution in [0.2, 0.25) is 0 Å². The largest absolute Gasteiger partial charge is 0.494 e. The molecule has 0 aliphatic carbocycles. The van der Waals surface area contributed by atoms with Crippen molar-refractivity contribution in [2.45, 2.75) is 20.8 Å². The molecule has 3 nitrogen and oxygen atoms in total. The SMILES string of the molecule is CCOc1ccc(-n2c(C)cc(C=Nc3ccc(I)cc3)c2C)cc1. The van der Waals surface area contributed by atoms with Crippen molar-refractivity contribution in [1.82, 2.24) is 4.57 Å². The minimum atomic E-state index is 0.681. The highest BCUT2D eigenvalue weighted by Crippen LogP contribution is 2.23. The molecule has 0 aliphatic heterocycles. The van der Waals surface area contributed by atoms with Crippen LogP contribution in [0.4, 0.5) is 5.69 Å². The van der Waals surface area contributed by atoms with Gasteiger partial charge in [-0.25, -0.2) is 0 Å². The van der Waals surface area contributed by atoms with Crippen LogP contribution in [0.5, 0.6) is 5.75 Å². The predicted octanol–water partition coefficient (Wildman–Crippen LogP) is 5.85. The van der Waals surface area contributed by atoms with Gasteiger partial charge in [-0.1, -0.05) is 0 Å². The zero-order valence-corrected chi connectivity index (χ0v) is 16.8. The van der Waals surface area contributed by atoms with Crippen molar-refractivity contribution in [3.63, 3.8) is 0 Å². The molecule has 1 heterocycles. The first kappa shape index (κ1) is 17.7. The highest BCUT2D eigenvalue weighted by atomic mass is 127. The number of hydrogen-bond donors (Lipinski definition) is 0. The van der Waals surface area contributed by atoms with Crippen molar-refractivity contribution in [2.75, 3.05) is 6.61 Å². The van der Waals surface area contributed by atoms with Gasteiger partial charge >= 0.3 is 0 Å². The zero-order chi connectivity index (χ0) is 17.8. The van der Waals surface area contributed by atoms with Crippen molar-refractivity contribution in [3.05, 3.63) is 75.1 Å². The fourth-order valence-electron chi connectivity index (χ4n) is 2.84. The summed E-state index contributed by atoms with van der Waals surface area (Å²) in [6.07, 6.45) is 1.94. The van der Waals surface area contributed by atoms with E-state index < -0.39 is 0 Å². The Balaban J connectivity index is 1.88. The molecule has 0 fully saturated rings. The summed E-state index contributed by atoms with van der Waals surface area (Å²) in [5, 5.41) is 0. The van der Waals surface area contributed by atoms with Gasteiger partial charge in [0.15, 0.2) is 0 Å². The summed E-state index contributed by atoms with van der Waals surface area (Å²) in [6.45, 7) is 6.91. The van der Waals surface area contributed by atoms with Gasteiger partial charge < -0.3 is 9.30 Å². The van der Waals surface area contributed by atoms with Crippen LogP contribution in [-0.2, 0) is 0 Å². The van der Waals surface area contributed by atoms with Gasteiger partial charge in [0.25, 0.3) is 0 Å². The lowest BCUT2D eigenvalue weighted by molar-refractivity contribution is 0.340. The topological polar surface area (TPSA) is 26.5 Å². The molecule has 0 saturated heterocycles. The summed E-state index contributed by atoms with van der Waals surface area (Å²) < 4.78 is 8.98. The molecule has 4 heteroatoms. The fraction of sp³-hybridized carbons (Fsp3) is 0.190. The summed E-state index contributed by atoms with van der Waals surface area (Å²) in [4.78, 5) is 4.60. The number of aromatic nitrogens is 1. The molecule has 0 aliphatic rings. The molecular formula is C21H21IN2O. The average molecular weight is 444 g/mol. The molecule has 1 aromatic heterocycles. The van der Waals surface area contributed by atoms with Gasteiger partial charge in [0.2, 0.25) is 0 Å². The van der Waals surface area contributed by atoms with Crippen LogP contribution in [0.1, 0.15) is 23.9 Å². The Bertz CT molecular complexity index is 878. The molecule has 0 spiro atoms. The second-order valence-electron chi connectivity index (χ2n) is 5.82. The Kier molecular flexibility index (Phi) is 5.58. The molecule has 0 saturated carbocycles. The Morgan fingerprint density at radius 3 is 2.36 bits per heavy atom. The van der Waals surface area contributed by atoms with Crippen LogP contribution in [0.25, 0.3) is 5.69 Å². The summed E-state index contributed by atoms with van der Waals surface area (Å²) in [5.41, 5.74) is 5.59. The maximum Gasteiger partial charge on any atom is 0.119 e. The van der Waals surface area contributed by atoms with Gasteiger partial charge in [-0.2, -0.15) is 0 Å². The van der Waals surface area contributed by atoms with E-state index in [2.05, 4.69) is 76.3 Å². The molecule has 128 valence electrons. The maximum atomic E-state index is 5.53. The van der Waals surface area contributed by atoms with E-state index in [0.29, 0.717) is 6.61 Å². The third-order valence-corrected chi connectivity index (χ3v) is 4.77. The van der Waals surface area contributed by atoms with Gasteiger partial charge in [0.1, 0.15) is 5.75 Å². The Labute approximate surface area is 162 Å². The molecule has 0 bridgehead atoms. The highest BCUT2D eigenvalue weighted by Gasteiger charge is 2.09. The lowest BCUT2D eigenvalue weighted by Gasteiger charge is -2.10. The third-order valence-electron chi connectivity index (χ3n) is 4.06. The number of halogens is 1. The first-order chi connectivity index (χ1) is 12.1. The molecule has 2 aromatic carbocycles. The monoisotopic (exact) mass is 444 g/mol. The minimum Gasteiger partial charge on any atom is -0.494 e. The molecule has 0 atom stereocenters. The molecule has 25 heavy (non-hydrogen) atoms. The summed E-state index contributed by atoms with van der Waals surface area (Å²) in [6, 6.07) is 18.6. The number of rotatable bonds is 5. The van der Waals surface area contributed by atoms with Gasteiger partial charge in [0.05, 0.1) is 12.3 Å². The van der Waals surface area contributed by atoms with Gasteiger partial charge in [-0.15, -0.1) is 0 Å². The zero-order valence-electron chi connectivity index (χ0n) is 14.7. The maximum absolute atomic E-state index is 5.53. The lowest BCUT2D eigenvalue weighted by atomic mass is 10.2. The van der Waals surface area contributed by atoms with Crippen molar-refractivity contribution in [3.8, 4) is 11.4 Å². The van der Waals surface area contributed by atoms with Crippen molar-refractivity contribution in [1.29, 1.82) is 0 Å². The Morgan fingerprint density at radius 2 is 1.72 bits per heavy atom. The van der Waals surface area contributed by atoms with Crippen LogP contribution in [0, 0.1) is 17.4 Å². The normalized spacial score (nSPS) is 11.2. The molecular weight excluding hydrogens is 423 g/mol. The van der Waals surface area contributed by atoms with Crippen molar-refractivity contribution >= 4 is 34.5 Å². The van der Waals surface area contributed by atoms with Gasteiger partial charge in [-0.3, -0.25) is 4.99 Å². The first-order valence-corrected chi connectivity index (χ1v) is 9.38. The molecule has 0 amide bonds. The standard InChI is InChI=1S/C21H21IN2O/c1-4-25-21-11-9-20(10-12-21)24-15(2)13-17(16(24)3)14-23-19-7-5-18(22)6-8-19/h5-14H,4H2,1-3H3. The van der Waals surface area contributed by atoms with Crippen LogP contribution < -0.4 is 4.74 Å². The van der Waals surface area contributed by atoms with Gasteiger partial charge in [0, 0.05) is 32.4 Å². The molecule has 3 aromatic rings. The van der Waals surface area contributed by atoms with Crippen LogP contribution in [0.15, 0.2) is 59.6 Å². The third kappa shape index (κ3) is 4.12. The number of aliphatic imine (C=N–C) groups is 1. The number of hydrogen-bond acceptors (Lipinski definition) is 2. The number of aryl methyl sites for hydroxylation is 1. The summed E-state index contributed by atoms with van der Waals surface area (Å²) in [7, 11) is 0. The second kappa shape index (κ2) is 7.87. The summed E-state index contributed by atoms with van der Waals surface area (Å²) in [5.74, 6) is 0.897. The number of benzene rings is 2. The average Bonchev–Trinajstić information content (AvgIpc) is 2.89. The van der Waals surface area contributed by atoms with Crippen molar-refractivity contribution in [2.24, 2.45) is 4.99 Å². The van der Waals surface area contributed by atoms with Crippen molar-refractivity contribution < 1.29 is 4.74 Å². The minimum absolute atomic E-state index is 0.681. The molecule has 3 rings (SSSR count).